The van der Waals surface area contributed by atoms with E-state index in [0.717, 1.165) is 22.9 Å². The Kier molecular flexibility index (Phi) is 9.60. The van der Waals surface area contributed by atoms with E-state index in [1.54, 1.807) is 35.9 Å². The largest absolute Gasteiger partial charge is 0.497 e. The van der Waals surface area contributed by atoms with Crippen LogP contribution in [0.1, 0.15) is 39.7 Å². The number of carbonyl (C=O) groups is 1. The number of aromatic nitrogens is 4. The lowest BCUT2D eigenvalue weighted by atomic mass is 9.80. The summed E-state index contributed by atoms with van der Waals surface area (Å²) >= 11 is 0. The molecule has 0 spiro atoms. The van der Waals surface area contributed by atoms with Gasteiger partial charge in [0.05, 0.1) is 26.3 Å². The van der Waals surface area contributed by atoms with Gasteiger partial charge in [-0.15, -0.1) is 0 Å². The van der Waals surface area contributed by atoms with Crippen LogP contribution in [0.2, 0.25) is 0 Å². The van der Waals surface area contributed by atoms with Crippen molar-refractivity contribution in [2.75, 3.05) is 25.3 Å². The second-order valence-corrected chi connectivity index (χ2v) is 13.6. The van der Waals surface area contributed by atoms with Gasteiger partial charge in [0.1, 0.15) is 36.1 Å². The fourth-order valence-corrected chi connectivity index (χ4v) is 7.05. The summed E-state index contributed by atoms with van der Waals surface area (Å²) in [6.07, 6.45) is 1.55. The van der Waals surface area contributed by atoms with Crippen LogP contribution in [-0.4, -0.2) is 66.0 Å². The van der Waals surface area contributed by atoms with Gasteiger partial charge in [-0.05, 0) is 41.0 Å². The fourth-order valence-electron chi connectivity index (χ4n) is 6.40. The van der Waals surface area contributed by atoms with Crippen LogP contribution < -0.4 is 10.1 Å². The molecule has 1 fully saturated rings. The number of fused-ring (bicyclic) bond motifs is 1. The molecule has 51 heavy (non-hydrogen) atoms. The van der Waals surface area contributed by atoms with E-state index in [2.05, 4.69) is 20.3 Å². The predicted octanol–water partition coefficient (Wildman–Crippen LogP) is 5.73. The van der Waals surface area contributed by atoms with Crippen LogP contribution >= 0.6 is 0 Å². The van der Waals surface area contributed by atoms with Crippen LogP contribution in [0.5, 0.6) is 5.75 Å². The molecule has 1 amide bonds. The number of rotatable bonds is 12. The normalized spacial score (nSPS) is 17.7. The molecule has 3 atom stereocenters. The van der Waals surface area contributed by atoms with Crippen LogP contribution in [0.4, 0.5) is 5.82 Å². The Hall–Kier alpha value is -5.47. The first-order valence-electron chi connectivity index (χ1n) is 16.2. The van der Waals surface area contributed by atoms with Gasteiger partial charge >= 0.3 is 0 Å². The van der Waals surface area contributed by atoms with E-state index >= 15 is 0 Å². The molecule has 260 valence electrons. The minimum Gasteiger partial charge on any atom is -0.497 e. The van der Waals surface area contributed by atoms with Crippen LogP contribution in [0.25, 0.3) is 11.2 Å². The molecule has 1 saturated heterocycles. The van der Waals surface area contributed by atoms with Gasteiger partial charge < -0.3 is 19.5 Å². The molecule has 0 radical (unpaired) electrons. The quantitative estimate of drug-likeness (QED) is 0.124. The van der Waals surface area contributed by atoms with Crippen LogP contribution in [-0.2, 0) is 29.4 Å². The number of amides is 1. The first-order chi connectivity index (χ1) is 24.7. The van der Waals surface area contributed by atoms with Gasteiger partial charge in [0.2, 0.25) is 0 Å². The Labute approximate surface area is 295 Å². The molecule has 0 bridgehead atoms. The van der Waals surface area contributed by atoms with Gasteiger partial charge in [-0.1, -0.05) is 91.0 Å². The Balaban J connectivity index is 1.22. The van der Waals surface area contributed by atoms with E-state index in [0.29, 0.717) is 22.5 Å². The van der Waals surface area contributed by atoms with Crippen molar-refractivity contribution in [3.05, 3.63) is 150 Å². The van der Waals surface area contributed by atoms with Crippen molar-refractivity contribution in [2.24, 2.45) is 0 Å². The number of hydrogen-bond donors (Lipinski definition) is 1. The molecule has 6 aromatic rings. The van der Waals surface area contributed by atoms with Crippen molar-refractivity contribution in [3.63, 3.8) is 0 Å². The monoisotopic (exact) mass is 705 g/mol. The summed E-state index contributed by atoms with van der Waals surface area (Å²) in [6.45, 7) is -0.0491. The minimum absolute atomic E-state index is 0.0491. The van der Waals surface area contributed by atoms with Crippen LogP contribution in [0.15, 0.2) is 128 Å². The van der Waals surface area contributed by atoms with E-state index < -0.39 is 34.2 Å². The Morgan fingerprint density at radius 1 is 0.863 bits per heavy atom. The second kappa shape index (κ2) is 14.4. The molecule has 4 aromatic carbocycles. The Morgan fingerprint density at radius 3 is 2.08 bits per heavy atom. The molecular formula is C38H35N5O7S. The minimum atomic E-state index is -3.89. The number of imidazole rings is 1. The Bertz CT molecular complexity index is 2180. The van der Waals surface area contributed by atoms with Crippen molar-refractivity contribution in [1.82, 2.24) is 19.5 Å². The summed E-state index contributed by atoms with van der Waals surface area (Å²) in [5.41, 5.74) is 2.63. The summed E-state index contributed by atoms with van der Waals surface area (Å²) in [5, 5.41) is 2.81. The lowest BCUT2D eigenvalue weighted by Crippen LogP contribution is -2.39. The molecule has 1 aliphatic heterocycles. The molecule has 2 aromatic heterocycles. The molecule has 7 rings (SSSR count). The molecule has 13 heteroatoms. The fraction of sp³-hybridized carbons (Fsp3) is 0.211. The van der Waals surface area contributed by atoms with Crippen molar-refractivity contribution < 1.29 is 31.6 Å². The summed E-state index contributed by atoms with van der Waals surface area (Å²) in [6, 6.07) is 36.0. The molecular weight excluding hydrogens is 671 g/mol. The molecule has 3 heterocycles. The van der Waals surface area contributed by atoms with E-state index in [1.807, 2.05) is 91.0 Å². The van der Waals surface area contributed by atoms with Gasteiger partial charge in [0.25, 0.3) is 16.0 Å². The second-order valence-electron chi connectivity index (χ2n) is 12.0. The van der Waals surface area contributed by atoms with Gasteiger partial charge in [0, 0.05) is 12.0 Å². The number of nitrogens with one attached hydrogen (secondary N) is 1. The highest BCUT2D eigenvalue weighted by Crippen LogP contribution is 2.43. The number of nitrogens with zero attached hydrogens (tertiary/aromatic N) is 4. The average molecular weight is 706 g/mol. The van der Waals surface area contributed by atoms with Crippen molar-refractivity contribution >= 4 is 33.0 Å². The number of anilines is 1. The number of hydrogen-bond acceptors (Lipinski definition) is 10. The maximum atomic E-state index is 12.9. The first kappa shape index (κ1) is 34.0. The summed E-state index contributed by atoms with van der Waals surface area (Å²) in [5.74, 6) is 0.569. The topological polar surface area (TPSA) is 144 Å². The van der Waals surface area contributed by atoms with Crippen LogP contribution in [0, 0.1) is 0 Å². The van der Waals surface area contributed by atoms with Crippen molar-refractivity contribution in [1.29, 1.82) is 0 Å². The SMILES string of the molecule is COc1ccc(C(OC[C@H]2O[C@@H](n3cnc4c(NC(=O)c5ccccc5)ncnc43)C[C@H]2OS(C)(=O)=O)(c2ccccc2)c2ccccc2)cc1. The summed E-state index contributed by atoms with van der Waals surface area (Å²) in [4.78, 5) is 26.1. The van der Waals surface area contributed by atoms with Crippen LogP contribution in [0.3, 0.4) is 0 Å². The smallest absolute Gasteiger partial charge is 0.264 e. The summed E-state index contributed by atoms with van der Waals surface area (Å²) < 4.78 is 51.3. The Morgan fingerprint density at radius 2 is 1.47 bits per heavy atom. The molecule has 0 saturated carbocycles. The highest BCUT2D eigenvalue weighted by Gasteiger charge is 2.44. The lowest BCUT2D eigenvalue weighted by molar-refractivity contribution is -0.0896. The number of ether oxygens (including phenoxy) is 3. The summed E-state index contributed by atoms with van der Waals surface area (Å²) in [7, 11) is -2.28. The highest BCUT2D eigenvalue weighted by molar-refractivity contribution is 7.86. The molecule has 0 aliphatic carbocycles. The van der Waals surface area contributed by atoms with Crippen molar-refractivity contribution in [2.45, 2.75) is 30.5 Å². The molecule has 1 aliphatic rings. The van der Waals surface area contributed by atoms with E-state index in [-0.39, 0.29) is 24.8 Å². The van der Waals surface area contributed by atoms with Crippen molar-refractivity contribution in [3.8, 4) is 5.75 Å². The number of carbonyl (C=O) groups excluding carboxylic acids is 1. The lowest BCUT2D eigenvalue weighted by Gasteiger charge is -2.37. The van der Waals surface area contributed by atoms with E-state index in [1.165, 1.54) is 12.7 Å². The van der Waals surface area contributed by atoms with Gasteiger partial charge in [-0.25, -0.2) is 15.0 Å². The standard InChI is InChI=1S/C38H35N5O7S/c1-47-30-20-18-29(19-21-30)38(27-14-8-4-9-15-27,28-16-10-5-11-17-28)48-23-32-31(50-51(2,45)46)22-33(49-32)43-25-41-34-35(39-24-40-36(34)43)42-37(44)26-12-6-3-7-13-26/h3-21,24-25,31-33H,22-23H2,1-2H3,(H,39,40,42,44)/t31-,32-,33-/m1/s1. The molecule has 1 N–H and O–H groups in total. The van der Waals surface area contributed by atoms with Gasteiger partial charge in [-0.3, -0.25) is 13.5 Å². The third kappa shape index (κ3) is 7.10. The third-order valence-corrected chi connectivity index (χ3v) is 9.33. The average Bonchev–Trinajstić information content (AvgIpc) is 3.77. The third-order valence-electron chi connectivity index (χ3n) is 8.74. The predicted molar refractivity (Wildman–Crippen MR) is 190 cm³/mol. The number of benzene rings is 4. The maximum absolute atomic E-state index is 12.9. The molecule has 0 unspecified atom stereocenters. The van der Waals surface area contributed by atoms with E-state index in [9.17, 15) is 13.2 Å². The molecule has 12 nitrogen and oxygen atoms in total. The van der Waals surface area contributed by atoms with E-state index in [4.69, 9.17) is 18.4 Å². The van der Waals surface area contributed by atoms with Gasteiger partial charge in [0.15, 0.2) is 17.0 Å². The first-order valence-corrected chi connectivity index (χ1v) is 18.0. The highest BCUT2D eigenvalue weighted by atomic mass is 32.2. The van der Waals surface area contributed by atoms with Gasteiger partial charge in [-0.2, -0.15) is 8.42 Å². The zero-order valence-electron chi connectivity index (χ0n) is 27.8. The number of methoxy groups -OCH3 is 1. The zero-order valence-corrected chi connectivity index (χ0v) is 28.6. The zero-order chi connectivity index (χ0) is 35.4. The maximum Gasteiger partial charge on any atom is 0.264 e.